The van der Waals surface area contributed by atoms with E-state index in [0.717, 1.165) is 11.1 Å². The van der Waals surface area contributed by atoms with E-state index in [1.54, 1.807) is 24.3 Å². The molecular weight excluding hydrogens is 384 g/mol. The maximum atomic E-state index is 13.1. The number of nitrogens with zero attached hydrogens (tertiary/aromatic N) is 2. The molecular formula is C23H22N2O3S. The second-order valence-corrected chi connectivity index (χ2v) is 8.25. The zero-order valence-corrected chi connectivity index (χ0v) is 17.2. The van der Waals surface area contributed by atoms with Crippen molar-refractivity contribution in [2.24, 2.45) is 0 Å². The number of allylic oxidation sites excluding steroid dienone is 1. The Morgan fingerprint density at radius 3 is 2.55 bits per heavy atom. The van der Waals surface area contributed by atoms with Crippen LogP contribution < -0.4 is 4.74 Å². The van der Waals surface area contributed by atoms with Crippen LogP contribution in [0.3, 0.4) is 0 Å². The number of thioether (sulfide) groups is 1. The Kier molecular flexibility index (Phi) is 5.12. The van der Waals surface area contributed by atoms with Crippen molar-refractivity contribution in [1.82, 2.24) is 4.90 Å². The fraction of sp³-hybridized carbons (Fsp3) is 0.304. The molecule has 0 bridgehead atoms. The lowest BCUT2D eigenvalue weighted by molar-refractivity contribution is -0.149. The molecule has 1 amide bonds. The Hall–Kier alpha value is -2.75. The summed E-state index contributed by atoms with van der Waals surface area (Å²) in [6.07, 6.45) is 0.162. The van der Waals surface area contributed by atoms with Gasteiger partial charge in [-0.1, -0.05) is 42.0 Å². The third-order valence-electron chi connectivity index (χ3n) is 5.42. The molecule has 2 heterocycles. The summed E-state index contributed by atoms with van der Waals surface area (Å²) >= 11 is 1.36. The minimum absolute atomic E-state index is 0.162. The molecule has 0 spiro atoms. The summed E-state index contributed by atoms with van der Waals surface area (Å²) < 4.78 is 5.47. The molecule has 1 N–H and O–H groups in total. The van der Waals surface area contributed by atoms with Crippen LogP contribution in [0.2, 0.25) is 0 Å². The molecule has 2 aromatic rings. The van der Waals surface area contributed by atoms with E-state index in [0.29, 0.717) is 28.5 Å². The van der Waals surface area contributed by atoms with Crippen LogP contribution in [0.5, 0.6) is 5.75 Å². The van der Waals surface area contributed by atoms with Gasteiger partial charge in [-0.15, -0.1) is 11.8 Å². The Bertz CT molecular complexity index is 1010. The van der Waals surface area contributed by atoms with Crippen LogP contribution in [-0.4, -0.2) is 28.3 Å². The van der Waals surface area contributed by atoms with E-state index in [1.165, 1.54) is 16.7 Å². The number of benzene rings is 2. The predicted molar refractivity (Wildman–Crippen MR) is 112 cm³/mol. The van der Waals surface area contributed by atoms with Gasteiger partial charge in [0, 0.05) is 17.9 Å². The molecule has 2 aliphatic heterocycles. The SMILES string of the molecule is CCOc1ccc([C@]2(O)CSC3=C(C#N)[C@@H](c4ccc(C)cc4)CC(=O)N32)cc1. The number of carbonyl (C=O) groups excluding carboxylic acids is 1. The highest BCUT2D eigenvalue weighted by Crippen LogP contribution is 2.51. The molecule has 4 rings (SSSR count). The van der Waals surface area contributed by atoms with E-state index in [1.807, 2.05) is 38.1 Å². The van der Waals surface area contributed by atoms with E-state index < -0.39 is 5.72 Å². The first-order valence-corrected chi connectivity index (χ1v) is 10.6. The normalized spacial score (nSPS) is 23.7. The van der Waals surface area contributed by atoms with Crippen LogP contribution in [0.25, 0.3) is 0 Å². The number of fused-ring (bicyclic) bond motifs is 1. The van der Waals surface area contributed by atoms with Gasteiger partial charge >= 0.3 is 0 Å². The van der Waals surface area contributed by atoms with Crippen molar-refractivity contribution in [3.8, 4) is 11.8 Å². The average Bonchev–Trinajstić information content (AvgIpc) is 3.08. The van der Waals surface area contributed by atoms with Gasteiger partial charge in [0.25, 0.3) is 0 Å². The first-order chi connectivity index (χ1) is 14.0. The number of rotatable bonds is 4. The molecule has 2 aromatic carbocycles. The molecule has 1 saturated heterocycles. The maximum absolute atomic E-state index is 13.1. The number of ether oxygens (including phenoxy) is 1. The van der Waals surface area contributed by atoms with E-state index in [4.69, 9.17) is 4.74 Å². The number of amides is 1. The molecule has 29 heavy (non-hydrogen) atoms. The van der Waals surface area contributed by atoms with Gasteiger partial charge in [0.2, 0.25) is 5.91 Å². The van der Waals surface area contributed by atoms with Gasteiger partial charge in [-0.05, 0) is 31.5 Å². The second-order valence-electron chi connectivity index (χ2n) is 7.29. The van der Waals surface area contributed by atoms with Gasteiger partial charge in [-0.3, -0.25) is 9.69 Å². The van der Waals surface area contributed by atoms with E-state index in [9.17, 15) is 15.2 Å². The van der Waals surface area contributed by atoms with Crippen LogP contribution in [-0.2, 0) is 10.5 Å². The number of nitriles is 1. The molecule has 0 aromatic heterocycles. The molecule has 1 fully saturated rings. The number of aliphatic hydroxyl groups is 1. The number of carbonyl (C=O) groups is 1. The molecule has 6 heteroatoms. The highest BCUT2D eigenvalue weighted by molar-refractivity contribution is 8.03. The first-order valence-electron chi connectivity index (χ1n) is 9.60. The lowest BCUT2D eigenvalue weighted by Crippen LogP contribution is -2.48. The van der Waals surface area contributed by atoms with Crippen molar-refractivity contribution in [3.05, 3.63) is 75.8 Å². The topological polar surface area (TPSA) is 73.6 Å². The Labute approximate surface area is 174 Å². The van der Waals surface area contributed by atoms with Crippen molar-refractivity contribution in [3.63, 3.8) is 0 Å². The second kappa shape index (κ2) is 7.58. The summed E-state index contributed by atoms with van der Waals surface area (Å²) in [5.74, 6) is 0.539. The fourth-order valence-electron chi connectivity index (χ4n) is 3.91. The Morgan fingerprint density at radius 2 is 1.93 bits per heavy atom. The van der Waals surface area contributed by atoms with Gasteiger partial charge in [-0.2, -0.15) is 5.26 Å². The molecule has 0 radical (unpaired) electrons. The lowest BCUT2D eigenvalue weighted by atomic mass is 9.85. The zero-order valence-electron chi connectivity index (χ0n) is 16.4. The van der Waals surface area contributed by atoms with Crippen molar-refractivity contribution >= 4 is 17.7 Å². The van der Waals surface area contributed by atoms with E-state index in [2.05, 4.69) is 6.07 Å². The maximum Gasteiger partial charge on any atom is 0.231 e. The Balaban J connectivity index is 1.73. The molecule has 0 saturated carbocycles. The summed E-state index contributed by atoms with van der Waals surface area (Å²) in [6, 6.07) is 17.4. The van der Waals surface area contributed by atoms with Crippen molar-refractivity contribution < 1.29 is 14.6 Å². The zero-order chi connectivity index (χ0) is 20.6. The molecule has 5 nitrogen and oxygen atoms in total. The monoisotopic (exact) mass is 406 g/mol. The standard InChI is InChI=1S/C23H22N2O3S/c1-3-28-18-10-8-17(9-11-18)23(27)14-29-22-20(13-24)19(12-21(26)25(22)23)16-6-4-15(2)5-7-16/h4-11,19,27H,3,12,14H2,1-2H3/t19-,23-/m1/s1. The third kappa shape index (κ3) is 3.31. The summed E-state index contributed by atoms with van der Waals surface area (Å²) in [7, 11) is 0. The van der Waals surface area contributed by atoms with Crippen LogP contribution in [0.15, 0.2) is 59.1 Å². The van der Waals surface area contributed by atoms with Gasteiger partial charge in [-0.25, -0.2) is 0 Å². The highest BCUT2D eigenvalue weighted by atomic mass is 32.2. The van der Waals surface area contributed by atoms with E-state index in [-0.39, 0.29) is 24.0 Å². The van der Waals surface area contributed by atoms with Gasteiger partial charge in [0.1, 0.15) is 5.75 Å². The fourth-order valence-corrected chi connectivity index (χ4v) is 5.27. The minimum Gasteiger partial charge on any atom is -0.494 e. The molecule has 148 valence electrons. The Morgan fingerprint density at radius 1 is 1.24 bits per heavy atom. The largest absolute Gasteiger partial charge is 0.494 e. The number of hydrogen-bond acceptors (Lipinski definition) is 5. The van der Waals surface area contributed by atoms with Gasteiger partial charge in [0.15, 0.2) is 5.72 Å². The summed E-state index contributed by atoms with van der Waals surface area (Å²) in [5, 5.41) is 21.9. The summed E-state index contributed by atoms with van der Waals surface area (Å²) in [5.41, 5.74) is 1.76. The predicted octanol–water partition coefficient (Wildman–Crippen LogP) is 4.04. The van der Waals surface area contributed by atoms with Crippen LogP contribution in [0.1, 0.15) is 36.0 Å². The minimum atomic E-state index is -1.47. The van der Waals surface area contributed by atoms with Gasteiger partial charge < -0.3 is 9.84 Å². The van der Waals surface area contributed by atoms with Crippen molar-refractivity contribution in [2.45, 2.75) is 31.9 Å². The van der Waals surface area contributed by atoms with Crippen molar-refractivity contribution in [2.75, 3.05) is 12.4 Å². The van der Waals surface area contributed by atoms with Crippen molar-refractivity contribution in [1.29, 1.82) is 5.26 Å². The molecule has 0 aliphatic carbocycles. The third-order valence-corrected chi connectivity index (χ3v) is 6.64. The molecule has 0 unspecified atom stereocenters. The lowest BCUT2D eigenvalue weighted by Gasteiger charge is -2.38. The first kappa shape index (κ1) is 19.6. The van der Waals surface area contributed by atoms with E-state index >= 15 is 0 Å². The number of hydrogen-bond donors (Lipinski definition) is 1. The number of aryl methyl sites for hydroxylation is 1. The smallest absolute Gasteiger partial charge is 0.231 e. The summed E-state index contributed by atoms with van der Waals surface area (Å²) in [4.78, 5) is 14.5. The molecule has 2 atom stereocenters. The van der Waals surface area contributed by atoms with Crippen LogP contribution >= 0.6 is 11.8 Å². The molecule has 2 aliphatic rings. The highest BCUT2D eigenvalue weighted by Gasteiger charge is 2.51. The van der Waals surface area contributed by atoms with Gasteiger partial charge in [0.05, 0.1) is 29.0 Å². The average molecular weight is 407 g/mol. The quantitative estimate of drug-likeness (QED) is 0.830. The van der Waals surface area contributed by atoms with Crippen LogP contribution in [0, 0.1) is 18.3 Å². The van der Waals surface area contributed by atoms with Crippen LogP contribution in [0.4, 0.5) is 0 Å². The summed E-state index contributed by atoms with van der Waals surface area (Å²) in [6.45, 7) is 4.47.